The first kappa shape index (κ1) is 11.4. The molecule has 1 N–H and O–H groups in total. The van der Waals surface area contributed by atoms with Crippen LogP contribution in [0.5, 0.6) is 0 Å². The molecule has 0 bridgehead atoms. The van der Waals surface area contributed by atoms with Crippen molar-refractivity contribution in [2.75, 3.05) is 13.2 Å². The Morgan fingerprint density at radius 2 is 1.87 bits per heavy atom. The molecule has 0 radical (unpaired) electrons. The SMILES string of the molecule is CC1CC(C)CC(OCC2CCCN2)C1. The summed E-state index contributed by atoms with van der Waals surface area (Å²) in [5.41, 5.74) is 0. The Morgan fingerprint density at radius 1 is 1.13 bits per heavy atom. The van der Waals surface area contributed by atoms with Gasteiger partial charge in [0.2, 0.25) is 0 Å². The monoisotopic (exact) mass is 211 g/mol. The first-order valence-corrected chi connectivity index (χ1v) is 6.59. The summed E-state index contributed by atoms with van der Waals surface area (Å²) in [6.07, 6.45) is 7.10. The number of hydrogen-bond donors (Lipinski definition) is 1. The van der Waals surface area contributed by atoms with Crippen molar-refractivity contribution in [2.45, 2.75) is 58.1 Å². The van der Waals surface area contributed by atoms with Crippen molar-refractivity contribution in [3.63, 3.8) is 0 Å². The standard InChI is InChI=1S/C13H25NO/c1-10-6-11(2)8-13(7-10)15-9-12-4-3-5-14-12/h10-14H,3-9H2,1-2H3. The van der Waals surface area contributed by atoms with Crippen LogP contribution in [-0.4, -0.2) is 25.3 Å². The maximum absolute atomic E-state index is 6.05. The predicted molar refractivity (Wildman–Crippen MR) is 62.9 cm³/mol. The van der Waals surface area contributed by atoms with Crippen LogP contribution in [0.15, 0.2) is 0 Å². The fourth-order valence-electron chi connectivity index (χ4n) is 3.16. The molecule has 1 aliphatic carbocycles. The van der Waals surface area contributed by atoms with E-state index in [9.17, 15) is 0 Å². The van der Waals surface area contributed by atoms with Gasteiger partial charge in [0, 0.05) is 6.04 Å². The van der Waals surface area contributed by atoms with E-state index in [1.807, 2.05) is 0 Å². The van der Waals surface area contributed by atoms with Crippen molar-refractivity contribution < 1.29 is 4.74 Å². The van der Waals surface area contributed by atoms with Crippen LogP contribution < -0.4 is 5.32 Å². The lowest BCUT2D eigenvalue weighted by Crippen LogP contribution is -2.32. The van der Waals surface area contributed by atoms with E-state index in [0.29, 0.717) is 12.1 Å². The summed E-state index contributed by atoms with van der Waals surface area (Å²) in [4.78, 5) is 0. The summed E-state index contributed by atoms with van der Waals surface area (Å²) in [7, 11) is 0. The lowest BCUT2D eigenvalue weighted by molar-refractivity contribution is -0.00694. The van der Waals surface area contributed by atoms with Crippen LogP contribution in [0.25, 0.3) is 0 Å². The average molecular weight is 211 g/mol. The van der Waals surface area contributed by atoms with Crippen LogP contribution in [0.1, 0.15) is 46.0 Å². The highest BCUT2D eigenvalue weighted by Gasteiger charge is 2.25. The zero-order chi connectivity index (χ0) is 10.7. The topological polar surface area (TPSA) is 21.3 Å². The van der Waals surface area contributed by atoms with E-state index in [1.165, 1.54) is 38.6 Å². The molecule has 0 aromatic heterocycles. The van der Waals surface area contributed by atoms with Gasteiger partial charge in [0.25, 0.3) is 0 Å². The minimum absolute atomic E-state index is 0.533. The highest BCUT2D eigenvalue weighted by molar-refractivity contribution is 4.78. The summed E-state index contributed by atoms with van der Waals surface area (Å²) >= 11 is 0. The first-order valence-electron chi connectivity index (χ1n) is 6.59. The lowest BCUT2D eigenvalue weighted by Gasteiger charge is -2.32. The molecule has 3 unspecified atom stereocenters. The molecule has 1 heterocycles. The molecule has 3 atom stereocenters. The van der Waals surface area contributed by atoms with E-state index in [-0.39, 0.29) is 0 Å². The smallest absolute Gasteiger partial charge is 0.0623 e. The number of ether oxygens (including phenoxy) is 1. The molecule has 0 spiro atoms. The minimum Gasteiger partial charge on any atom is -0.377 e. The Balaban J connectivity index is 1.69. The van der Waals surface area contributed by atoms with Crippen LogP contribution in [-0.2, 0) is 4.74 Å². The van der Waals surface area contributed by atoms with Crippen molar-refractivity contribution in [1.29, 1.82) is 0 Å². The number of hydrogen-bond acceptors (Lipinski definition) is 2. The van der Waals surface area contributed by atoms with Gasteiger partial charge in [0.1, 0.15) is 0 Å². The molecule has 88 valence electrons. The lowest BCUT2D eigenvalue weighted by atomic mass is 9.82. The molecule has 2 fully saturated rings. The van der Waals surface area contributed by atoms with Crippen molar-refractivity contribution in [3.05, 3.63) is 0 Å². The Bertz CT molecular complexity index is 179. The molecule has 0 aromatic carbocycles. The number of nitrogens with one attached hydrogen (secondary N) is 1. The Labute approximate surface area is 93.8 Å². The fourth-order valence-corrected chi connectivity index (χ4v) is 3.16. The highest BCUT2D eigenvalue weighted by atomic mass is 16.5. The zero-order valence-corrected chi connectivity index (χ0v) is 10.2. The Kier molecular flexibility index (Phi) is 4.04. The van der Waals surface area contributed by atoms with Gasteiger partial charge in [-0.3, -0.25) is 0 Å². The summed E-state index contributed by atoms with van der Waals surface area (Å²) < 4.78 is 6.05. The molecule has 2 heteroatoms. The zero-order valence-electron chi connectivity index (χ0n) is 10.2. The van der Waals surface area contributed by atoms with Gasteiger partial charge in [-0.25, -0.2) is 0 Å². The minimum atomic E-state index is 0.533. The van der Waals surface area contributed by atoms with Crippen LogP contribution in [0, 0.1) is 11.8 Å². The van der Waals surface area contributed by atoms with E-state index in [0.717, 1.165) is 18.4 Å². The predicted octanol–water partition coefficient (Wildman–Crippen LogP) is 2.58. The highest BCUT2D eigenvalue weighted by Crippen LogP contribution is 2.30. The van der Waals surface area contributed by atoms with E-state index >= 15 is 0 Å². The third-order valence-corrected chi connectivity index (χ3v) is 3.83. The molecular weight excluding hydrogens is 186 g/mol. The van der Waals surface area contributed by atoms with Crippen LogP contribution >= 0.6 is 0 Å². The van der Waals surface area contributed by atoms with Gasteiger partial charge < -0.3 is 10.1 Å². The van der Waals surface area contributed by atoms with Crippen molar-refractivity contribution in [3.8, 4) is 0 Å². The third-order valence-electron chi connectivity index (χ3n) is 3.83. The van der Waals surface area contributed by atoms with Gasteiger partial charge in [-0.05, 0) is 50.5 Å². The maximum Gasteiger partial charge on any atom is 0.0623 e. The third kappa shape index (κ3) is 3.46. The molecule has 15 heavy (non-hydrogen) atoms. The molecular formula is C13H25NO. The molecule has 1 saturated heterocycles. The average Bonchev–Trinajstić information content (AvgIpc) is 2.65. The first-order chi connectivity index (χ1) is 7.24. The quantitative estimate of drug-likeness (QED) is 0.774. The largest absolute Gasteiger partial charge is 0.377 e. The number of rotatable bonds is 3. The van der Waals surface area contributed by atoms with E-state index in [1.54, 1.807) is 0 Å². The maximum atomic E-state index is 6.05. The Morgan fingerprint density at radius 3 is 2.47 bits per heavy atom. The molecule has 0 amide bonds. The molecule has 2 rings (SSSR count). The van der Waals surface area contributed by atoms with Gasteiger partial charge in [-0.15, -0.1) is 0 Å². The summed E-state index contributed by atoms with van der Waals surface area (Å²) in [6.45, 7) is 6.84. The van der Waals surface area contributed by atoms with Gasteiger partial charge >= 0.3 is 0 Å². The molecule has 2 aliphatic rings. The van der Waals surface area contributed by atoms with E-state index < -0.39 is 0 Å². The van der Waals surface area contributed by atoms with Gasteiger partial charge in [-0.2, -0.15) is 0 Å². The van der Waals surface area contributed by atoms with Crippen LogP contribution in [0.2, 0.25) is 0 Å². The summed E-state index contributed by atoms with van der Waals surface area (Å²) in [5.74, 6) is 1.71. The second kappa shape index (κ2) is 5.31. The Hall–Kier alpha value is -0.0800. The van der Waals surface area contributed by atoms with Gasteiger partial charge in [-0.1, -0.05) is 13.8 Å². The molecule has 1 saturated carbocycles. The second-order valence-electron chi connectivity index (χ2n) is 5.67. The van der Waals surface area contributed by atoms with Crippen LogP contribution in [0.4, 0.5) is 0 Å². The van der Waals surface area contributed by atoms with Crippen molar-refractivity contribution >= 4 is 0 Å². The van der Waals surface area contributed by atoms with Crippen molar-refractivity contribution in [2.24, 2.45) is 11.8 Å². The molecule has 1 aliphatic heterocycles. The summed E-state index contributed by atoms with van der Waals surface area (Å²) in [5, 5.41) is 3.49. The molecule has 2 nitrogen and oxygen atoms in total. The normalized spacial score (nSPS) is 42.0. The molecule has 0 aromatic rings. The van der Waals surface area contributed by atoms with E-state index in [2.05, 4.69) is 19.2 Å². The fraction of sp³-hybridized carbons (Fsp3) is 1.00. The van der Waals surface area contributed by atoms with Gasteiger partial charge in [0.15, 0.2) is 0 Å². The van der Waals surface area contributed by atoms with Crippen LogP contribution in [0.3, 0.4) is 0 Å². The van der Waals surface area contributed by atoms with E-state index in [4.69, 9.17) is 4.74 Å². The van der Waals surface area contributed by atoms with Gasteiger partial charge in [0.05, 0.1) is 12.7 Å². The van der Waals surface area contributed by atoms with Crippen molar-refractivity contribution in [1.82, 2.24) is 5.32 Å². The second-order valence-corrected chi connectivity index (χ2v) is 5.67. The summed E-state index contributed by atoms with van der Waals surface area (Å²) in [6, 6.07) is 0.637.